The topological polar surface area (TPSA) is 63.8 Å². The zero-order chi connectivity index (χ0) is 8.39. The van der Waals surface area contributed by atoms with E-state index in [1.807, 2.05) is 0 Å². The number of nitrogens with two attached hydrogens (primary N) is 1. The van der Waals surface area contributed by atoms with E-state index in [0.717, 1.165) is 11.5 Å². The standard InChI is InChI=1S/C8H12N4/c9-3-7-4-10-5-8(12-7)11-6-1-2-6/h4-6H,1-3,9H2,(H,11,12). The lowest BCUT2D eigenvalue weighted by Gasteiger charge is -2.03. The van der Waals surface area contributed by atoms with Gasteiger partial charge < -0.3 is 11.1 Å². The number of hydrogen-bond donors (Lipinski definition) is 2. The zero-order valence-electron chi connectivity index (χ0n) is 6.83. The van der Waals surface area contributed by atoms with Gasteiger partial charge in [0, 0.05) is 18.8 Å². The Morgan fingerprint density at radius 2 is 2.33 bits per heavy atom. The maximum absolute atomic E-state index is 5.43. The number of rotatable bonds is 3. The summed E-state index contributed by atoms with van der Waals surface area (Å²) in [6, 6.07) is 0.618. The summed E-state index contributed by atoms with van der Waals surface area (Å²) < 4.78 is 0. The van der Waals surface area contributed by atoms with Gasteiger partial charge in [-0.2, -0.15) is 0 Å². The third kappa shape index (κ3) is 1.71. The molecule has 0 unspecified atom stereocenters. The molecular weight excluding hydrogens is 152 g/mol. The summed E-state index contributed by atoms with van der Waals surface area (Å²) in [5, 5.41) is 3.26. The molecule has 4 heteroatoms. The van der Waals surface area contributed by atoms with Gasteiger partial charge in [0.2, 0.25) is 0 Å². The molecule has 1 aliphatic carbocycles. The van der Waals surface area contributed by atoms with Gasteiger partial charge in [-0.15, -0.1) is 0 Å². The third-order valence-electron chi connectivity index (χ3n) is 1.82. The van der Waals surface area contributed by atoms with Crippen LogP contribution in [0.5, 0.6) is 0 Å². The summed E-state index contributed by atoms with van der Waals surface area (Å²) in [6.07, 6.45) is 5.92. The molecule has 0 aliphatic heterocycles. The quantitative estimate of drug-likeness (QED) is 0.683. The second-order valence-corrected chi connectivity index (χ2v) is 3.02. The highest BCUT2D eigenvalue weighted by Gasteiger charge is 2.21. The lowest BCUT2D eigenvalue weighted by Crippen LogP contribution is -2.07. The van der Waals surface area contributed by atoms with Crippen molar-refractivity contribution in [1.82, 2.24) is 9.97 Å². The van der Waals surface area contributed by atoms with Crippen LogP contribution >= 0.6 is 0 Å². The Balaban J connectivity index is 2.08. The smallest absolute Gasteiger partial charge is 0.145 e. The first-order chi connectivity index (χ1) is 5.88. The van der Waals surface area contributed by atoms with Crippen LogP contribution in [0.1, 0.15) is 18.5 Å². The molecule has 0 aromatic carbocycles. The minimum atomic E-state index is 0.452. The first-order valence-corrected chi connectivity index (χ1v) is 4.16. The zero-order valence-corrected chi connectivity index (χ0v) is 6.83. The van der Waals surface area contributed by atoms with E-state index in [4.69, 9.17) is 5.73 Å². The fraction of sp³-hybridized carbons (Fsp3) is 0.500. The Hall–Kier alpha value is -1.16. The average molecular weight is 164 g/mol. The predicted molar refractivity (Wildman–Crippen MR) is 46.6 cm³/mol. The van der Waals surface area contributed by atoms with Crippen molar-refractivity contribution in [2.24, 2.45) is 5.73 Å². The molecule has 0 saturated heterocycles. The first kappa shape index (κ1) is 7.49. The van der Waals surface area contributed by atoms with Crippen LogP contribution in [0.25, 0.3) is 0 Å². The van der Waals surface area contributed by atoms with Gasteiger partial charge in [-0.25, -0.2) is 4.98 Å². The molecule has 1 aromatic heterocycles. The van der Waals surface area contributed by atoms with Crippen molar-refractivity contribution < 1.29 is 0 Å². The molecule has 0 amide bonds. The molecule has 1 aliphatic rings. The largest absolute Gasteiger partial charge is 0.366 e. The lowest BCUT2D eigenvalue weighted by atomic mass is 10.4. The summed E-state index contributed by atoms with van der Waals surface area (Å²) in [6.45, 7) is 0.452. The van der Waals surface area contributed by atoms with E-state index in [-0.39, 0.29) is 0 Å². The van der Waals surface area contributed by atoms with Crippen molar-refractivity contribution in [3.8, 4) is 0 Å². The van der Waals surface area contributed by atoms with Gasteiger partial charge >= 0.3 is 0 Å². The maximum atomic E-state index is 5.43. The van der Waals surface area contributed by atoms with Crippen LogP contribution in [-0.4, -0.2) is 16.0 Å². The van der Waals surface area contributed by atoms with Crippen LogP contribution in [0.4, 0.5) is 5.82 Å². The van der Waals surface area contributed by atoms with Gasteiger partial charge in [-0.3, -0.25) is 4.98 Å². The molecule has 0 spiro atoms. The van der Waals surface area contributed by atoms with Gasteiger partial charge in [0.1, 0.15) is 5.82 Å². The second kappa shape index (κ2) is 3.06. The van der Waals surface area contributed by atoms with Crippen LogP contribution in [0.2, 0.25) is 0 Å². The number of nitrogens with one attached hydrogen (secondary N) is 1. The Morgan fingerprint density at radius 3 is 3.00 bits per heavy atom. The Labute approximate surface area is 71.2 Å². The number of anilines is 1. The van der Waals surface area contributed by atoms with Crippen LogP contribution in [-0.2, 0) is 6.54 Å². The summed E-state index contributed by atoms with van der Waals surface area (Å²) >= 11 is 0. The second-order valence-electron chi connectivity index (χ2n) is 3.02. The third-order valence-corrected chi connectivity index (χ3v) is 1.82. The molecule has 1 fully saturated rings. The van der Waals surface area contributed by atoms with Gasteiger partial charge in [-0.1, -0.05) is 0 Å². The molecule has 1 aromatic rings. The SMILES string of the molecule is NCc1cncc(NC2CC2)n1. The monoisotopic (exact) mass is 164 g/mol. The summed E-state index contributed by atoms with van der Waals surface area (Å²) in [5.74, 6) is 0.848. The summed E-state index contributed by atoms with van der Waals surface area (Å²) in [5.41, 5.74) is 6.27. The molecule has 0 radical (unpaired) electrons. The van der Waals surface area contributed by atoms with Crippen molar-refractivity contribution in [1.29, 1.82) is 0 Å². The minimum absolute atomic E-state index is 0.452. The highest BCUT2D eigenvalue weighted by molar-refractivity contribution is 5.34. The Kier molecular flexibility index (Phi) is 1.91. The van der Waals surface area contributed by atoms with E-state index in [0.29, 0.717) is 12.6 Å². The minimum Gasteiger partial charge on any atom is -0.366 e. The molecule has 2 rings (SSSR count). The molecule has 64 valence electrons. The summed E-state index contributed by atoms with van der Waals surface area (Å²) in [4.78, 5) is 8.30. The van der Waals surface area contributed by atoms with E-state index in [1.165, 1.54) is 12.8 Å². The van der Waals surface area contributed by atoms with Crippen molar-refractivity contribution >= 4 is 5.82 Å². The number of hydrogen-bond acceptors (Lipinski definition) is 4. The van der Waals surface area contributed by atoms with Gasteiger partial charge in [0.25, 0.3) is 0 Å². The van der Waals surface area contributed by atoms with Crippen LogP contribution < -0.4 is 11.1 Å². The normalized spacial score (nSPS) is 16.1. The van der Waals surface area contributed by atoms with Gasteiger partial charge in [-0.05, 0) is 12.8 Å². The highest BCUT2D eigenvalue weighted by Crippen LogP contribution is 2.23. The van der Waals surface area contributed by atoms with E-state index >= 15 is 0 Å². The van der Waals surface area contributed by atoms with E-state index in [1.54, 1.807) is 12.4 Å². The lowest BCUT2D eigenvalue weighted by molar-refractivity contribution is 0.953. The Morgan fingerprint density at radius 1 is 1.50 bits per heavy atom. The summed E-state index contributed by atoms with van der Waals surface area (Å²) in [7, 11) is 0. The molecular formula is C8H12N4. The molecule has 1 heterocycles. The maximum Gasteiger partial charge on any atom is 0.145 e. The van der Waals surface area contributed by atoms with Crippen molar-refractivity contribution in [3.63, 3.8) is 0 Å². The molecule has 4 nitrogen and oxygen atoms in total. The fourth-order valence-electron chi connectivity index (χ4n) is 1.01. The van der Waals surface area contributed by atoms with E-state index < -0.39 is 0 Å². The van der Waals surface area contributed by atoms with Crippen molar-refractivity contribution in [3.05, 3.63) is 18.1 Å². The first-order valence-electron chi connectivity index (χ1n) is 4.16. The molecule has 1 saturated carbocycles. The van der Waals surface area contributed by atoms with Gasteiger partial charge in [0.15, 0.2) is 0 Å². The van der Waals surface area contributed by atoms with Crippen LogP contribution in [0, 0.1) is 0 Å². The molecule has 3 N–H and O–H groups in total. The van der Waals surface area contributed by atoms with Crippen LogP contribution in [0.15, 0.2) is 12.4 Å². The molecule has 0 bridgehead atoms. The molecule has 12 heavy (non-hydrogen) atoms. The number of aromatic nitrogens is 2. The van der Waals surface area contributed by atoms with Crippen LogP contribution in [0.3, 0.4) is 0 Å². The van der Waals surface area contributed by atoms with Gasteiger partial charge in [0.05, 0.1) is 11.9 Å². The van der Waals surface area contributed by atoms with Crippen molar-refractivity contribution in [2.45, 2.75) is 25.4 Å². The Bertz CT molecular complexity index is 270. The number of nitrogens with zero attached hydrogens (tertiary/aromatic N) is 2. The fourth-order valence-corrected chi connectivity index (χ4v) is 1.01. The van der Waals surface area contributed by atoms with Crippen molar-refractivity contribution in [2.75, 3.05) is 5.32 Å². The molecule has 0 atom stereocenters. The highest BCUT2D eigenvalue weighted by atomic mass is 15.1. The van der Waals surface area contributed by atoms with E-state index in [2.05, 4.69) is 15.3 Å². The van der Waals surface area contributed by atoms with E-state index in [9.17, 15) is 0 Å². The predicted octanol–water partition coefficient (Wildman–Crippen LogP) is 0.510. The average Bonchev–Trinajstić information content (AvgIpc) is 2.89.